The summed E-state index contributed by atoms with van der Waals surface area (Å²) < 4.78 is 1.46. The van der Waals surface area contributed by atoms with Crippen molar-refractivity contribution < 1.29 is 4.48 Å². The van der Waals surface area contributed by atoms with Crippen molar-refractivity contribution in [2.75, 3.05) is 26.2 Å². The molecule has 0 spiro atoms. The van der Waals surface area contributed by atoms with Crippen LogP contribution in [0.1, 0.15) is 71.6 Å². The molecular formula is C16H32N2. The highest BCUT2D eigenvalue weighted by atomic mass is 15.4. The fourth-order valence-electron chi connectivity index (χ4n) is 3.27. The van der Waals surface area contributed by atoms with Crippen LogP contribution in [0.2, 0.25) is 0 Å². The minimum Gasteiger partial charge on any atom is -0.512 e. The molecule has 2 heteroatoms. The Hall–Kier alpha value is -0.550. The fraction of sp³-hybridized carbons (Fsp3) is 0.938. The van der Waals surface area contributed by atoms with E-state index in [4.69, 9.17) is 11.8 Å². The van der Waals surface area contributed by atoms with Crippen LogP contribution in [-0.2, 0) is 0 Å². The lowest BCUT2D eigenvalue weighted by atomic mass is 10.1. The fourth-order valence-corrected chi connectivity index (χ4v) is 3.27. The van der Waals surface area contributed by atoms with Gasteiger partial charge in [0.05, 0.1) is 26.2 Å². The Morgan fingerprint density at radius 2 is 1.33 bits per heavy atom. The highest BCUT2D eigenvalue weighted by Gasteiger charge is 2.29. The normalized spacial score (nSPS) is 17.1. The van der Waals surface area contributed by atoms with Crippen LogP contribution in [0.4, 0.5) is 0 Å². The van der Waals surface area contributed by atoms with E-state index in [1.165, 1.54) is 88.4 Å². The molecule has 0 radical (unpaired) electrons. The third kappa shape index (κ3) is 7.01. The highest BCUT2D eigenvalue weighted by molar-refractivity contribution is 4.55. The van der Waals surface area contributed by atoms with Gasteiger partial charge in [-0.05, 0) is 19.3 Å². The molecule has 106 valence electrons. The number of rotatable bonds is 9. The van der Waals surface area contributed by atoms with E-state index in [1.807, 2.05) is 0 Å². The summed E-state index contributed by atoms with van der Waals surface area (Å²) in [4.78, 5) is 0. The lowest BCUT2D eigenvalue weighted by molar-refractivity contribution is -0.917. The van der Waals surface area contributed by atoms with E-state index in [2.05, 4.69) is 13.8 Å². The van der Waals surface area contributed by atoms with Crippen molar-refractivity contribution in [3.8, 4) is 0 Å². The molecular weight excluding hydrogens is 220 g/mol. The van der Waals surface area contributed by atoms with Gasteiger partial charge in [0.2, 0.25) is 0 Å². The van der Waals surface area contributed by atoms with Gasteiger partial charge in [0.15, 0.2) is 0 Å². The van der Waals surface area contributed by atoms with Gasteiger partial charge in [0.25, 0.3) is 0 Å². The molecule has 1 aliphatic heterocycles. The number of nitrogens with zero attached hydrogens (tertiary/aromatic N) is 2. The molecule has 0 N–H and O–H groups in total. The highest BCUT2D eigenvalue weighted by Crippen LogP contribution is 2.21. The molecule has 0 aliphatic carbocycles. The van der Waals surface area contributed by atoms with E-state index in [1.54, 1.807) is 0 Å². The van der Waals surface area contributed by atoms with Crippen LogP contribution in [0.15, 0.2) is 0 Å². The van der Waals surface area contributed by atoms with Crippen LogP contribution in [0.3, 0.4) is 0 Å². The van der Waals surface area contributed by atoms with Gasteiger partial charge in [-0.15, -0.1) is 0 Å². The lowest BCUT2D eigenvalue weighted by Gasteiger charge is -2.34. The molecule has 1 rings (SSSR count). The number of quaternary nitrogens is 1. The molecule has 2 nitrogen and oxygen atoms in total. The second-order valence-electron chi connectivity index (χ2n) is 5.71. The summed E-state index contributed by atoms with van der Waals surface area (Å²) in [5.74, 6) is 0. The zero-order valence-electron chi connectivity index (χ0n) is 12.6. The Kier molecular flexibility index (Phi) is 11.2. The molecule has 1 saturated heterocycles. The van der Waals surface area contributed by atoms with Gasteiger partial charge in [-0.25, -0.2) is 0 Å². The Morgan fingerprint density at radius 1 is 0.778 bits per heavy atom. The molecule has 1 fully saturated rings. The first kappa shape index (κ1) is 17.4. The van der Waals surface area contributed by atoms with Gasteiger partial charge in [0, 0.05) is 12.8 Å². The van der Waals surface area contributed by atoms with Crippen molar-refractivity contribution in [3.05, 3.63) is 6.57 Å². The first-order valence-corrected chi connectivity index (χ1v) is 7.90. The minimum absolute atomic E-state index is 1.37. The van der Waals surface area contributed by atoms with Gasteiger partial charge in [-0.1, -0.05) is 39.5 Å². The number of likely N-dealkylation sites (tertiary alicyclic amines) is 1. The Balaban J connectivity index is 0.00000137. The summed E-state index contributed by atoms with van der Waals surface area (Å²) in [5, 5.41) is 6.25. The quantitative estimate of drug-likeness (QED) is 0.337. The number of unbranched alkanes of at least 4 members (excludes halogenated alkanes) is 5. The minimum atomic E-state index is 1.37. The van der Waals surface area contributed by atoms with Gasteiger partial charge < -0.3 is 16.3 Å². The summed E-state index contributed by atoms with van der Waals surface area (Å²) in [6.45, 7) is 15.3. The number of hydrogen-bond donors (Lipinski definition) is 0. The Bertz CT molecular complexity index is 193. The van der Waals surface area contributed by atoms with E-state index in [-0.39, 0.29) is 0 Å². The van der Waals surface area contributed by atoms with Gasteiger partial charge in [-0.3, -0.25) is 0 Å². The van der Waals surface area contributed by atoms with E-state index >= 15 is 0 Å². The zero-order valence-corrected chi connectivity index (χ0v) is 12.6. The second-order valence-corrected chi connectivity index (χ2v) is 5.71. The molecule has 18 heavy (non-hydrogen) atoms. The molecule has 0 saturated carbocycles. The van der Waals surface area contributed by atoms with E-state index in [0.717, 1.165) is 0 Å². The zero-order chi connectivity index (χ0) is 13.7. The molecule has 0 unspecified atom stereocenters. The van der Waals surface area contributed by atoms with Crippen LogP contribution in [0, 0.1) is 11.8 Å². The summed E-state index contributed by atoms with van der Waals surface area (Å²) in [6.07, 6.45) is 13.0. The van der Waals surface area contributed by atoms with Crippen LogP contribution in [0.25, 0.3) is 0 Å². The van der Waals surface area contributed by atoms with Crippen molar-refractivity contribution in [1.29, 1.82) is 5.26 Å². The molecule has 1 aliphatic rings. The molecule has 1 heterocycles. The predicted molar refractivity (Wildman–Crippen MR) is 77.6 cm³/mol. The third-order valence-corrected chi connectivity index (χ3v) is 4.20. The molecule has 0 aromatic heterocycles. The lowest BCUT2D eigenvalue weighted by Crippen LogP contribution is -2.46. The standard InChI is InChI=1S/C15H32N.CN/c1-3-5-6-7-8-9-13-16(12-4-2)14-10-11-15-16;1-2/h3-15H2,1-2H3;/q+1;-1. The van der Waals surface area contributed by atoms with E-state index in [0.29, 0.717) is 0 Å². The Morgan fingerprint density at radius 3 is 1.89 bits per heavy atom. The molecule has 0 aromatic carbocycles. The smallest absolute Gasteiger partial charge is 0.0788 e. The second kappa shape index (κ2) is 11.5. The first-order chi connectivity index (χ1) is 8.83. The van der Waals surface area contributed by atoms with Gasteiger partial charge in [0.1, 0.15) is 0 Å². The van der Waals surface area contributed by atoms with Crippen molar-refractivity contribution in [1.82, 2.24) is 0 Å². The third-order valence-electron chi connectivity index (χ3n) is 4.20. The van der Waals surface area contributed by atoms with Gasteiger partial charge in [-0.2, -0.15) is 0 Å². The van der Waals surface area contributed by atoms with Crippen molar-refractivity contribution in [2.45, 2.75) is 71.6 Å². The maximum Gasteiger partial charge on any atom is 0.0788 e. The first-order valence-electron chi connectivity index (χ1n) is 7.90. The summed E-state index contributed by atoms with van der Waals surface area (Å²) >= 11 is 0. The number of hydrogen-bond acceptors (Lipinski definition) is 1. The summed E-state index contributed by atoms with van der Waals surface area (Å²) in [5.41, 5.74) is 0. The van der Waals surface area contributed by atoms with E-state index < -0.39 is 0 Å². The predicted octanol–water partition coefficient (Wildman–Crippen LogP) is 4.46. The van der Waals surface area contributed by atoms with Crippen molar-refractivity contribution in [2.24, 2.45) is 0 Å². The largest absolute Gasteiger partial charge is 0.512 e. The topological polar surface area (TPSA) is 23.8 Å². The van der Waals surface area contributed by atoms with Gasteiger partial charge >= 0.3 is 0 Å². The average Bonchev–Trinajstić information content (AvgIpc) is 2.85. The molecule has 0 aromatic rings. The maximum absolute atomic E-state index is 6.25. The Labute approximate surface area is 115 Å². The monoisotopic (exact) mass is 252 g/mol. The summed E-state index contributed by atoms with van der Waals surface area (Å²) in [7, 11) is 0. The molecule has 0 bridgehead atoms. The maximum atomic E-state index is 6.25. The molecule has 0 atom stereocenters. The summed E-state index contributed by atoms with van der Waals surface area (Å²) in [6, 6.07) is 0. The van der Waals surface area contributed by atoms with Crippen LogP contribution in [-0.4, -0.2) is 30.7 Å². The average molecular weight is 252 g/mol. The molecule has 0 amide bonds. The van der Waals surface area contributed by atoms with Crippen LogP contribution in [0.5, 0.6) is 0 Å². The van der Waals surface area contributed by atoms with E-state index in [9.17, 15) is 0 Å². The van der Waals surface area contributed by atoms with Crippen LogP contribution < -0.4 is 0 Å². The SMILES string of the molecule is CCCCCCCC[N+]1(CCC)CCCC1.[C-]#N. The van der Waals surface area contributed by atoms with Crippen molar-refractivity contribution in [3.63, 3.8) is 0 Å². The van der Waals surface area contributed by atoms with Crippen LogP contribution >= 0.6 is 0 Å². The van der Waals surface area contributed by atoms with Crippen molar-refractivity contribution >= 4 is 0 Å².